The van der Waals surface area contributed by atoms with Gasteiger partial charge in [-0.2, -0.15) is 0 Å². The molecule has 0 aliphatic carbocycles. The highest BCUT2D eigenvalue weighted by molar-refractivity contribution is 7.22. The topological polar surface area (TPSA) is 110 Å². The summed E-state index contributed by atoms with van der Waals surface area (Å²) < 4.78 is 10.7. The number of carbonyl (C=O) groups excluding carboxylic acids is 3. The highest BCUT2D eigenvalue weighted by Crippen LogP contribution is 2.44. The van der Waals surface area contributed by atoms with Crippen molar-refractivity contribution in [2.75, 3.05) is 12.0 Å². The molecule has 1 aliphatic rings. The first-order valence-electron chi connectivity index (χ1n) is 9.98. The number of nitrogens with zero attached hydrogens (tertiary/aromatic N) is 2. The number of amides is 1. The van der Waals surface area contributed by atoms with Crippen molar-refractivity contribution in [3.8, 4) is 0 Å². The molecule has 4 aromatic rings. The van der Waals surface area contributed by atoms with Crippen LogP contribution in [0.15, 0.2) is 76.6 Å². The summed E-state index contributed by atoms with van der Waals surface area (Å²) in [6.07, 6.45) is 1.33. The molecule has 0 spiro atoms. The van der Waals surface area contributed by atoms with Crippen molar-refractivity contribution in [1.82, 2.24) is 4.98 Å². The van der Waals surface area contributed by atoms with Gasteiger partial charge in [0.1, 0.15) is 0 Å². The van der Waals surface area contributed by atoms with E-state index in [1.165, 1.54) is 53.9 Å². The number of rotatable bonds is 5. The molecule has 1 amide bonds. The maximum Gasteiger partial charge on any atom is 0.337 e. The average Bonchev–Trinajstić information content (AvgIpc) is 3.57. The van der Waals surface area contributed by atoms with Crippen molar-refractivity contribution in [3.05, 3.63) is 94.1 Å². The maximum absolute atomic E-state index is 13.3. The zero-order chi connectivity index (χ0) is 24.0. The van der Waals surface area contributed by atoms with Gasteiger partial charge in [-0.25, -0.2) is 9.78 Å². The lowest BCUT2D eigenvalue weighted by atomic mass is 9.94. The smallest absolute Gasteiger partial charge is 0.337 e. The summed E-state index contributed by atoms with van der Waals surface area (Å²) in [7, 11) is 1.27. The highest BCUT2D eigenvalue weighted by atomic mass is 35.5. The number of carbonyl (C=O) groups is 3. The molecule has 0 radical (unpaired) electrons. The van der Waals surface area contributed by atoms with Crippen LogP contribution in [-0.4, -0.2) is 34.9 Å². The molecule has 3 heterocycles. The van der Waals surface area contributed by atoms with Crippen LogP contribution >= 0.6 is 22.9 Å². The van der Waals surface area contributed by atoms with Gasteiger partial charge in [-0.15, -0.1) is 0 Å². The van der Waals surface area contributed by atoms with Gasteiger partial charge in [-0.05, 0) is 48.0 Å². The van der Waals surface area contributed by atoms with Crippen molar-refractivity contribution in [2.45, 2.75) is 6.04 Å². The van der Waals surface area contributed by atoms with Crippen molar-refractivity contribution < 1.29 is 28.6 Å². The molecule has 0 fully saturated rings. The third-order valence-corrected chi connectivity index (χ3v) is 6.64. The van der Waals surface area contributed by atoms with E-state index in [0.717, 1.165) is 4.70 Å². The minimum absolute atomic E-state index is 0.0246. The van der Waals surface area contributed by atoms with Gasteiger partial charge >= 0.3 is 5.97 Å². The van der Waals surface area contributed by atoms with Gasteiger partial charge in [0.25, 0.3) is 5.91 Å². The molecule has 0 saturated carbocycles. The number of hydrogen-bond donors (Lipinski definition) is 1. The van der Waals surface area contributed by atoms with Gasteiger partial charge in [-0.1, -0.05) is 35.1 Å². The third-order valence-electron chi connectivity index (χ3n) is 5.39. The number of ketones is 1. The van der Waals surface area contributed by atoms with Crippen LogP contribution in [0.25, 0.3) is 10.2 Å². The Kier molecular flexibility index (Phi) is 5.43. The van der Waals surface area contributed by atoms with Crippen LogP contribution in [0.5, 0.6) is 0 Å². The lowest BCUT2D eigenvalue weighted by molar-refractivity contribution is -0.117. The monoisotopic (exact) mass is 494 g/mol. The Morgan fingerprint density at radius 1 is 1.18 bits per heavy atom. The molecule has 34 heavy (non-hydrogen) atoms. The van der Waals surface area contributed by atoms with Gasteiger partial charge in [0.15, 0.2) is 16.7 Å². The molecular weight excluding hydrogens is 480 g/mol. The number of halogens is 1. The molecule has 5 rings (SSSR count). The number of furan rings is 1. The molecular formula is C24H15ClN2O6S. The Labute approximate surface area is 201 Å². The fraction of sp³-hybridized carbons (Fsp3) is 0.0833. The van der Waals surface area contributed by atoms with Crippen molar-refractivity contribution in [2.24, 2.45) is 0 Å². The summed E-state index contributed by atoms with van der Waals surface area (Å²) in [6, 6.07) is 13.3. The number of esters is 1. The Bertz CT molecular complexity index is 1470. The number of thiazole rings is 1. The van der Waals surface area contributed by atoms with E-state index in [2.05, 4.69) is 4.98 Å². The van der Waals surface area contributed by atoms with E-state index in [1.807, 2.05) is 0 Å². The second-order valence-corrected chi connectivity index (χ2v) is 8.81. The van der Waals surface area contributed by atoms with Crippen molar-refractivity contribution >= 4 is 55.9 Å². The minimum Gasteiger partial charge on any atom is -0.503 e. The molecule has 10 heteroatoms. The molecule has 1 atom stereocenters. The maximum atomic E-state index is 13.3. The molecule has 8 nitrogen and oxygen atoms in total. The fourth-order valence-electron chi connectivity index (χ4n) is 3.80. The van der Waals surface area contributed by atoms with Crippen LogP contribution < -0.4 is 4.90 Å². The predicted octanol–water partition coefficient (Wildman–Crippen LogP) is 5.11. The standard InChI is InChI=1S/C24H15ClN2O6S/c1-32-23(31)13-6-4-12(5-7-13)19-18(20(28)16-3-2-10-33-16)21(29)22(30)27(19)24-26-15-9-8-14(25)11-17(15)34-24/h2-11,19,29H,1H3. The van der Waals surface area contributed by atoms with Gasteiger partial charge in [0, 0.05) is 5.02 Å². The zero-order valence-electron chi connectivity index (χ0n) is 17.5. The highest BCUT2D eigenvalue weighted by Gasteiger charge is 2.46. The van der Waals surface area contributed by atoms with Gasteiger partial charge in [0.05, 0.1) is 40.8 Å². The molecule has 0 bridgehead atoms. The van der Waals surface area contributed by atoms with E-state index in [0.29, 0.717) is 21.7 Å². The van der Waals surface area contributed by atoms with E-state index in [-0.39, 0.29) is 16.5 Å². The first-order chi connectivity index (χ1) is 16.4. The summed E-state index contributed by atoms with van der Waals surface area (Å²) in [6.45, 7) is 0. The number of anilines is 1. The zero-order valence-corrected chi connectivity index (χ0v) is 19.1. The lowest BCUT2D eigenvalue weighted by Crippen LogP contribution is -2.31. The van der Waals surface area contributed by atoms with Crippen LogP contribution in [0.2, 0.25) is 5.02 Å². The van der Waals surface area contributed by atoms with Gasteiger partial charge in [0.2, 0.25) is 5.78 Å². The quantitative estimate of drug-likeness (QED) is 0.303. The first kappa shape index (κ1) is 21.9. The normalized spacial score (nSPS) is 15.9. The van der Waals surface area contributed by atoms with Gasteiger partial charge < -0.3 is 14.3 Å². The Hall–Kier alpha value is -3.95. The second-order valence-electron chi connectivity index (χ2n) is 7.37. The predicted molar refractivity (Wildman–Crippen MR) is 125 cm³/mol. The summed E-state index contributed by atoms with van der Waals surface area (Å²) >= 11 is 7.29. The number of Topliss-reactive ketones (excluding diaryl/α,β-unsaturated/α-hetero) is 1. The Morgan fingerprint density at radius 3 is 2.62 bits per heavy atom. The van der Waals surface area contributed by atoms with Crippen LogP contribution in [0.3, 0.4) is 0 Å². The summed E-state index contributed by atoms with van der Waals surface area (Å²) in [5.41, 5.74) is 1.24. The number of hydrogen-bond acceptors (Lipinski definition) is 8. The van der Waals surface area contributed by atoms with Gasteiger partial charge in [-0.3, -0.25) is 14.5 Å². The summed E-state index contributed by atoms with van der Waals surface area (Å²) in [5.74, 6) is -2.66. The molecule has 2 aromatic carbocycles. The Balaban J connectivity index is 1.66. The van der Waals surface area contributed by atoms with Crippen molar-refractivity contribution in [3.63, 3.8) is 0 Å². The lowest BCUT2D eigenvalue weighted by Gasteiger charge is -2.24. The van der Waals surface area contributed by atoms with Crippen molar-refractivity contribution in [1.29, 1.82) is 0 Å². The van der Waals surface area contributed by atoms with Crippen LogP contribution in [0, 0.1) is 0 Å². The molecule has 2 aromatic heterocycles. The van der Waals surface area contributed by atoms with Crippen LogP contribution in [0.4, 0.5) is 5.13 Å². The molecule has 0 saturated heterocycles. The number of fused-ring (bicyclic) bond motifs is 1. The number of aliphatic hydroxyl groups excluding tert-OH is 1. The molecule has 170 valence electrons. The molecule has 1 unspecified atom stereocenters. The SMILES string of the molecule is COC(=O)c1ccc(C2C(C(=O)c3ccco3)=C(O)C(=O)N2c2nc3ccc(Cl)cc3s2)cc1. The first-order valence-corrected chi connectivity index (χ1v) is 11.2. The third kappa shape index (κ3) is 3.55. The number of aliphatic hydroxyl groups is 1. The molecule has 1 N–H and O–H groups in total. The number of ether oxygens (including phenoxy) is 1. The number of aromatic nitrogens is 1. The van der Waals surface area contributed by atoms with E-state index in [9.17, 15) is 19.5 Å². The van der Waals surface area contributed by atoms with E-state index in [4.69, 9.17) is 20.8 Å². The van der Waals surface area contributed by atoms with E-state index >= 15 is 0 Å². The van der Waals surface area contributed by atoms with E-state index < -0.39 is 29.5 Å². The second kappa shape index (κ2) is 8.44. The minimum atomic E-state index is -1.01. The van der Waals surface area contributed by atoms with E-state index in [1.54, 1.807) is 30.3 Å². The summed E-state index contributed by atoms with van der Waals surface area (Å²) in [5, 5.41) is 11.6. The van der Waals surface area contributed by atoms with Crippen LogP contribution in [-0.2, 0) is 9.53 Å². The Morgan fingerprint density at radius 2 is 1.94 bits per heavy atom. The van der Waals surface area contributed by atoms with Crippen LogP contribution in [0.1, 0.15) is 32.5 Å². The molecule has 1 aliphatic heterocycles. The largest absolute Gasteiger partial charge is 0.503 e. The summed E-state index contributed by atoms with van der Waals surface area (Å²) in [4.78, 5) is 44.2. The number of benzene rings is 2. The average molecular weight is 495 g/mol. The fourth-order valence-corrected chi connectivity index (χ4v) is 5.07. The number of methoxy groups -OCH3 is 1.